The van der Waals surface area contributed by atoms with Crippen LogP contribution < -0.4 is 0 Å². The van der Waals surface area contributed by atoms with Crippen molar-refractivity contribution in [3.63, 3.8) is 0 Å². The average molecular weight is 109 g/mol. The molecule has 1 aliphatic rings. The Morgan fingerprint density at radius 2 is 2.12 bits per heavy atom. The molecule has 0 saturated heterocycles. The van der Waals surface area contributed by atoms with Crippen molar-refractivity contribution < 1.29 is 0 Å². The summed E-state index contributed by atoms with van der Waals surface area (Å²) in [6.45, 7) is 4.23. The van der Waals surface area contributed by atoms with Crippen LogP contribution in [-0.2, 0) is 0 Å². The second-order valence-corrected chi connectivity index (χ2v) is 3.19. The van der Waals surface area contributed by atoms with Crippen LogP contribution in [0.25, 0.3) is 0 Å². The predicted octanol–water partition coefficient (Wildman–Crippen LogP) is 1.95. The molecule has 0 N–H and O–H groups in total. The maximum absolute atomic E-state index is 8.51. The lowest BCUT2D eigenvalue weighted by molar-refractivity contribution is 0.154. The quantitative estimate of drug-likeness (QED) is 0.466. The Morgan fingerprint density at radius 3 is 2.25 bits per heavy atom. The molecule has 0 aromatic carbocycles. The Balaban J connectivity index is 2.44. The van der Waals surface area contributed by atoms with Crippen molar-refractivity contribution in [3.05, 3.63) is 0 Å². The molecule has 0 heterocycles. The molecule has 1 rings (SSSR count). The minimum absolute atomic E-state index is 0.0411. The van der Waals surface area contributed by atoms with Crippen LogP contribution in [0.2, 0.25) is 0 Å². The topological polar surface area (TPSA) is 23.8 Å². The maximum atomic E-state index is 8.51. The van der Waals surface area contributed by atoms with Gasteiger partial charge in [-0.25, -0.2) is 0 Å². The molecule has 44 valence electrons. The smallest absolute Gasteiger partial charge is 0.0687 e. The molecule has 0 atom stereocenters. The lowest BCUT2D eigenvalue weighted by Gasteiger charge is -2.37. The highest BCUT2D eigenvalue weighted by molar-refractivity contribution is 5.03. The van der Waals surface area contributed by atoms with Gasteiger partial charge in [0.15, 0.2) is 0 Å². The first-order chi connectivity index (χ1) is 3.66. The van der Waals surface area contributed by atoms with Gasteiger partial charge in [0.1, 0.15) is 0 Å². The summed E-state index contributed by atoms with van der Waals surface area (Å²) < 4.78 is 0. The van der Waals surface area contributed by atoms with E-state index in [0.717, 1.165) is 18.8 Å². The molecule has 0 unspecified atom stereocenters. The molecular weight excluding hydrogens is 98.1 g/mol. The highest BCUT2D eigenvalue weighted by Crippen LogP contribution is 2.43. The van der Waals surface area contributed by atoms with E-state index in [0.29, 0.717) is 0 Å². The van der Waals surface area contributed by atoms with Crippen molar-refractivity contribution >= 4 is 0 Å². The van der Waals surface area contributed by atoms with E-state index in [-0.39, 0.29) is 5.41 Å². The summed E-state index contributed by atoms with van der Waals surface area (Å²) in [6.07, 6.45) is 2.20. The van der Waals surface area contributed by atoms with Gasteiger partial charge in [-0.1, -0.05) is 6.92 Å². The normalized spacial score (nSPS) is 44.9. The molecule has 0 radical (unpaired) electrons. The largest absolute Gasteiger partial charge is 0.198 e. The molecule has 0 spiro atoms. The second-order valence-electron chi connectivity index (χ2n) is 3.19. The van der Waals surface area contributed by atoms with Crippen LogP contribution in [-0.4, -0.2) is 0 Å². The van der Waals surface area contributed by atoms with Crippen LogP contribution in [0.1, 0.15) is 26.7 Å². The molecule has 0 bridgehead atoms. The zero-order valence-electron chi connectivity index (χ0n) is 5.44. The molecule has 0 aromatic rings. The van der Waals surface area contributed by atoms with Gasteiger partial charge in [0, 0.05) is 0 Å². The Morgan fingerprint density at radius 1 is 1.62 bits per heavy atom. The second kappa shape index (κ2) is 1.48. The molecule has 1 heteroatoms. The molecule has 1 saturated carbocycles. The number of rotatable bonds is 0. The zero-order valence-corrected chi connectivity index (χ0v) is 5.44. The minimum Gasteiger partial charge on any atom is -0.198 e. The van der Waals surface area contributed by atoms with Gasteiger partial charge in [0.2, 0.25) is 0 Å². The van der Waals surface area contributed by atoms with Crippen molar-refractivity contribution in [2.45, 2.75) is 26.7 Å². The van der Waals surface area contributed by atoms with Crippen molar-refractivity contribution in [3.8, 4) is 6.07 Å². The fourth-order valence-corrected chi connectivity index (χ4v) is 1.57. The molecule has 0 aromatic heterocycles. The number of hydrogen-bond acceptors (Lipinski definition) is 1. The van der Waals surface area contributed by atoms with Crippen molar-refractivity contribution in [1.82, 2.24) is 0 Å². The van der Waals surface area contributed by atoms with E-state index in [1.165, 1.54) is 0 Å². The van der Waals surface area contributed by atoms with Gasteiger partial charge in [0.25, 0.3) is 0 Å². The first-order valence-electron chi connectivity index (χ1n) is 3.07. The van der Waals surface area contributed by atoms with Gasteiger partial charge >= 0.3 is 0 Å². The van der Waals surface area contributed by atoms with Crippen molar-refractivity contribution in [2.75, 3.05) is 0 Å². The molecule has 1 aliphatic carbocycles. The summed E-state index contributed by atoms with van der Waals surface area (Å²) in [6, 6.07) is 2.31. The molecule has 1 nitrogen and oxygen atoms in total. The summed E-state index contributed by atoms with van der Waals surface area (Å²) in [7, 11) is 0. The zero-order chi connectivity index (χ0) is 6.20. The lowest BCUT2D eigenvalue weighted by atomic mass is 9.65. The lowest BCUT2D eigenvalue weighted by Crippen LogP contribution is -2.30. The van der Waals surface area contributed by atoms with E-state index in [9.17, 15) is 0 Å². The summed E-state index contributed by atoms with van der Waals surface area (Å²) in [5, 5.41) is 8.51. The van der Waals surface area contributed by atoms with Crippen LogP contribution in [0, 0.1) is 22.7 Å². The van der Waals surface area contributed by atoms with Crippen molar-refractivity contribution in [1.29, 1.82) is 5.26 Å². The summed E-state index contributed by atoms with van der Waals surface area (Å²) in [4.78, 5) is 0. The third kappa shape index (κ3) is 0.709. The van der Waals surface area contributed by atoms with E-state index in [2.05, 4.69) is 13.0 Å². The van der Waals surface area contributed by atoms with Gasteiger partial charge in [-0.2, -0.15) is 5.26 Å². The fourth-order valence-electron chi connectivity index (χ4n) is 1.57. The van der Waals surface area contributed by atoms with E-state index in [1.807, 2.05) is 6.92 Å². The Kier molecular flexibility index (Phi) is 1.04. The number of nitriles is 1. The average Bonchev–Trinajstić information content (AvgIpc) is 1.63. The van der Waals surface area contributed by atoms with Crippen LogP contribution in [0.5, 0.6) is 0 Å². The highest BCUT2D eigenvalue weighted by atomic mass is 14.4. The van der Waals surface area contributed by atoms with Gasteiger partial charge in [-0.3, -0.25) is 0 Å². The summed E-state index contributed by atoms with van der Waals surface area (Å²) >= 11 is 0. The van der Waals surface area contributed by atoms with E-state index in [1.54, 1.807) is 0 Å². The number of nitrogens with zero attached hydrogens (tertiary/aromatic N) is 1. The third-order valence-electron chi connectivity index (χ3n) is 1.87. The van der Waals surface area contributed by atoms with Crippen LogP contribution in [0.3, 0.4) is 0 Å². The maximum Gasteiger partial charge on any atom is 0.0687 e. The fraction of sp³-hybridized carbons (Fsp3) is 0.857. The first-order valence-corrected chi connectivity index (χ1v) is 3.07. The molecular formula is C7H11N. The van der Waals surface area contributed by atoms with E-state index in [4.69, 9.17) is 5.26 Å². The van der Waals surface area contributed by atoms with Crippen LogP contribution >= 0.6 is 0 Å². The van der Waals surface area contributed by atoms with Crippen LogP contribution in [0.4, 0.5) is 0 Å². The van der Waals surface area contributed by atoms with Gasteiger partial charge < -0.3 is 0 Å². The van der Waals surface area contributed by atoms with Gasteiger partial charge in [-0.15, -0.1) is 0 Å². The first kappa shape index (κ1) is 5.62. The molecule has 1 fully saturated rings. The monoisotopic (exact) mass is 109 g/mol. The van der Waals surface area contributed by atoms with Crippen LogP contribution in [0.15, 0.2) is 0 Å². The Bertz CT molecular complexity index is 126. The summed E-state index contributed by atoms with van der Waals surface area (Å²) in [5.41, 5.74) is 0.0411. The van der Waals surface area contributed by atoms with Crippen molar-refractivity contribution in [2.24, 2.45) is 11.3 Å². The SMILES string of the molecule is C[C@H]1C[C@](C)(C#N)C1. The molecule has 0 aliphatic heterocycles. The van der Waals surface area contributed by atoms with Gasteiger partial charge in [0.05, 0.1) is 11.5 Å². The molecule has 8 heavy (non-hydrogen) atoms. The summed E-state index contributed by atoms with van der Waals surface area (Å²) in [5.74, 6) is 0.791. The van der Waals surface area contributed by atoms with Gasteiger partial charge in [-0.05, 0) is 25.7 Å². The predicted molar refractivity (Wildman–Crippen MR) is 32.1 cm³/mol. The highest BCUT2D eigenvalue weighted by Gasteiger charge is 2.37. The minimum atomic E-state index is 0.0411. The number of hydrogen-bond donors (Lipinski definition) is 0. The third-order valence-corrected chi connectivity index (χ3v) is 1.87. The van der Waals surface area contributed by atoms with E-state index < -0.39 is 0 Å². The molecule has 0 amide bonds. The van der Waals surface area contributed by atoms with E-state index >= 15 is 0 Å². The Labute approximate surface area is 50.3 Å². The Hall–Kier alpha value is -0.510. The standard InChI is InChI=1S/C7H11N/c1-6-3-7(2,4-6)5-8/h6H,3-4H2,1-2H3/t6-,7-.